The van der Waals surface area contributed by atoms with Crippen LogP contribution in [0.4, 0.5) is 5.69 Å². The molecule has 0 saturated carbocycles. The first-order chi connectivity index (χ1) is 16.2. The third-order valence-electron chi connectivity index (χ3n) is 5.57. The molecule has 1 fully saturated rings. The number of para-hydroxylation sites is 2. The van der Waals surface area contributed by atoms with Crippen molar-refractivity contribution in [2.45, 2.75) is 25.9 Å². The van der Waals surface area contributed by atoms with Crippen molar-refractivity contribution in [2.75, 3.05) is 38.8 Å². The summed E-state index contributed by atoms with van der Waals surface area (Å²) in [5.41, 5.74) is 2.05. The molecule has 0 amide bonds. The largest absolute Gasteiger partial charge is 0.497 e. The van der Waals surface area contributed by atoms with E-state index in [1.165, 1.54) is 0 Å². The number of hydrogen-bond acceptors (Lipinski definition) is 6. The standard InChI is InChI=1S/C24H31N7O2/c1-4-25-24(27-18-13-14-31(16-18)20-7-5-6-8-21(20)33-3)26-15-22-28-23(30-29-22)17-9-11-19(32-2)12-10-17/h5-12,18H,4,13-16H2,1-3H3,(H2,25,26,27)(H,28,29,30). The molecule has 0 aliphatic carbocycles. The number of methoxy groups -OCH3 is 2. The predicted octanol–water partition coefficient (Wildman–Crippen LogP) is 2.82. The lowest BCUT2D eigenvalue weighted by molar-refractivity contribution is 0.414. The number of aromatic amines is 1. The zero-order chi connectivity index (χ0) is 23.0. The second-order valence-electron chi connectivity index (χ2n) is 7.78. The van der Waals surface area contributed by atoms with E-state index in [1.807, 2.05) is 42.5 Å². The number of aromatic nitrogens is 3. The zero-order valence-electron chi connectivity index (χ0n) is 19.3. The highest BCUT2D eigenvalue weighted by molar-refractivity contribution is 5.80. The quantitative estimate of drug-likeness (QED) is 0.359. The number of hydrogen-bond donors (Lipinski definition) is 3. The molecule has 2 heterocycles. The van der Waals surface area contributed by atoms with Crippen LogP contribution >= 0.6 is 0 Å². The van der Waals surface area contributed by atoms with Crippen molar-refractivity contribution in [3.8, 4) is 22.9 Å². The molecule has 1 aliphatic rings. The lowest BCUT2D eigenvalue weighted by Gasteiger charge is -2.22. The topological polar surface area (TPSA) is 99.7 Å². The van der Waals surface area contributed by atoms with Crippen LogP contribution in [0.3, 0.4) is 0 Å². The van der Waals surface area contributed by atoms with E-state index in [0.717, 1.165) is 54.8 Å². The molecule has 3 N–H and O–H groups in total. The number of guanidine groups is 1. The van der Waals surface area contributed by atoms with Crippen LogP contribution in [0.1, 0.15) is 19.2 Å². The van der Waals surface area contributed by atoms with Gasteiger partial charge in [-0.1, -0.05) is 12.1 Å². The van der Waals surface area contributed by atoms with Crippen molar-refractivity contribution in [1.82, 2.24) is 25.8 Å². The van der Waals surface area contributed by atoms with Crippen LogP contribution in [-0.4, -0.2) is 61.0 Å². The number of ether oxygens (including phenoxy) is 2. The van der Waals surface area contributed by atoms with Gasteiger partial charge in [0.15, 0.2) is 11.8 Å². The summed E-state index contributed by atoms with van der Waals surface area (Å²) >= 11 is 0. The monoisotopic (exact) mass is 449 g/mol. The fourth-order valence-electron chi connectivity index (χ4n) is 3.89. The van der Waals surface area contributed by atoms with Crippen molar-refractivity contribution in [3.63, 3.8) is 0 Å². The maximum Gasteiger partial charge on any atom is 0.191 e. The van der Waals surface area contributed by atoms with Gasteiger partial charge >= 0.3 is 0 Å². The first-order valence-corrected chi connectivity index (χ1v) is 11.2. The fourth-order valence-corrected chi connectivity index (χ4v) is 3.89. The zero-order valence-corrected chi connectivity index (χ0v) is 19.3. The summed E-state index contributed by atoms with van der Waals surface area (Å²) in [5, 5.41) is 14.2. The number of anilines is 1. The predicted molar refractivity (Wildman–Crippen MR) is 130 cm³/mol. The van der Waals surface area contributed by atoms with Gasteiger partial charge in [-0.05, 0) is 49.7 Å². The van der Waals surface area contributed by atoms with Crippen molar-refractivity contribution in [2.24, 2.45) is 4.99 Å². The molecule has 1 aliphatic heterocycles. The summed E-state index contributed by atoms with van der Waals surface area (Å²) in [5.74, 6) is 3.82. The van der Waals surface area contributed by atoms with E-state index in [9.17, 15) is 0 Å². The van der Waals surface area contributed by atoms with Crippen LogP contribution < -0.4 is 25.0 Å². The third kappa shape index (κ3) is 5.54. The van der Waals surface area contributed by atoms with Gasteiger partial charge in [-0.25, -0.2) is 9.98 Å². The average Bonchev–Trinajstić information content (AvgIpc) is 3.52. The SMILES string of the molecule is CCNC(=NCc1nc(-c2ccc(OC)cc2)n[nH]1)NC1CCN(c2ccccc2OC)C1. The number of H-pyrrole nitrogens is 1. The van der Waals surface area contributed by atoms with Crippen molar-refractivity contribution >= 4 is 11.6 Å². The van der Waals surface area contributed by atoms with Crippen LogP contribution in [0.5, 0.6) is 11.5 Å². The summed E-state index contributed by atoms with van der Waals surface area (Å²) < 4.78 is 10.7. The third-order valence-corrected chi connectivity index (χ3v) is 5.57. The Morgan fingerprint density at radius 3 is 2.73 bits per heavy atom. The smallest absolute Gasteiger partial charge is 0.191 e. The maximum absolute atomic E-state index is 5.52. The molecule has 0 bridgehead atoms. The van der Waals surface area contributed by atoms with Crippen LogP contribution in [0.15, 0.2) is 53.5 Å². The molecule has 0 radical (unpaired) electrons. The van der Waals surface area contributed by atoms with Crippen molar-refractivity contribution in [3.05, 3.63) is 54.4 Å². The second-order valence-corrected chi connectivity index (χ2v) is 7.78. The Morgan fingerprint density at radius 1 is 1.15 bits per heavy atom. The van der Waals surface area contributed by atoms with E-state index in [4.69, 9.17) is 14.5 Å². The summed E-state index contributed by atoms with van der Waals surface area (Å²) in [6, 6.07) is 16.1. The summed E-state index contributed by atoms with van der Waals surface area (Å²) in [6.45, 7) is 5.09. The Bertz CT molecular complexity index is 1060. The minimum atomic E-state index is 0.289. The molecule has 1 atom stereocenters. The highest BCUT2D eigenvalue weighted by Gasteiger charge is 2.25. The fraction of sp³-hybridized carbons (Fsp3) is 0.375. The van der Waals surface area contributed by atoms with E-state index in [0.29, 0.717) is 18.2 Å². The number of aliphatic imine (C=N–C) groups is 1. The molecule has 2 aromatic carbocycles. The highest BCUT2D eigenvalue weighted by Crippen LogP contribution is 2.30. The van der Waals surface area contributed by atoms with Gasteiger partial charge in [-0.2, -0.15) is 5.10 Å². The van der Waals surface area contributed by atoms with E-state index in [-0.39, 0.29) is 6.04 Å². The summed E-state index contributed by atoms with van der Waals surface area (Å²) in [4.78, 5) is 11.6. The Kier molecular flexibility index (Phi) is 7.29. The average molecular weight is 450 g/mol. The highest BCUT2D eigenvalue weighted by atomic mass is 16.5. The molecule has 174 valence electrons. The molecule has 1 aromatic heterocycles. The van der Waals surface area contributed by atoms with E-state index >= 15 is 0 Å². The Hall–Kier alpha value is -3.75. The number of benzene rings is 2. The lowest BCUT2D eigenvalue weighted by atomic mass is 10.2. The van der Waals surface area contributed by atoms with Gasteiger partial charge < -0.3 is 25.0 Å². The minimum absolute atomic E-state index is 0.289. The Morgan fingerprint density at radius 2 is 1.97 bits per heavy atom. The van der Waals surface area contributed by atoms with Crippen molar-refractivity contribution < 1.29 is 9.47 Å². The maximum atomic E-state index is 5.52. The Labute approximate surface area is 194 Å². The molecule has 1 saturated heterocycles. The van der Waals surface area contributed by atoms with Crippen LogP contribution in [-0.2, 0) is 6.54 Å². The van der Waals surface area contributed by atoms with E-state index < -0.39 is 0 Å². The first kappa shape index (κ1) is 22.4. The van der Waals surface area contributed by atoms with E-state index in [2.05, 4.69) is 43.7 Å². The van der Waals surface area contributed by atoms with Gasteiger partial charge in [0.2, 0.25) is 0 Å². The molecule has 4 rings (SSSR count). The van der Waals surface area contributed by atoms with Gasteiger partial charge in [0, 0.05) is 31.2 Å². The molecule has 9 nitrogen and oxygen atoms in total. The second kappa shape index (κ2) is 10.7. The molecule has 33 heavy (non-hydrogen) atoms. The summed E-state index contributed by atoms with van der Waals surface area (Å²) in [7, 11) is 3.36. The number of nitrogens with zero attached hydrogens (tertiary/aromatic N) is 4. The van der Waals surface area contributed by atoms with Gasteiger partial charge in [0.05, 0.1) is 19.9 Å². The van der Waals surface area contributed by atoms with Crippen LogP contribution in [0.25, 0.3) is 11.4 Å². The van der Waals surface area contributed by atoms with Gasteiger partial charge in [0.25, 0.3) is 0 Å². The van der Waals surface area contributed by atoms with E-state index in [1.54, 1.807) is 14.2 Å². The molecular weight excluding hydrogens is 418 g/mol. The number of nitrogens with one attached hydrogen (secondary N) is 3. The molecule has 1 unspecified atom stereocenters. The Balaban J connectivity index is 1.37. The van der Waals surface area contributed by atoms with Gasteiger partial charge in [-0.15, -0.1) is 0 Å². The first-order valence-electron chi connectivity index (χ1n) is 11.2. The molecule has 9 heteroatoms. The lowest BCUT2D eigenvalue weighted by Crippen LogP contribution is -2.44. The van der Waals surface area contributed by atoms with Crippen LogP contribution in [0, 0.1) is 0 Å². The molecule has 0 spiro atoms. The van der Waals surface area contributed by atoms with Crippen LogP contribution in [0.2, 0.25) is 0 Å². The normalized spacial score (nSPS) is 16.0. The number of rotatable bonds is 8. The van der Waals surface area contributed by atoms with Crippen molar-refractivity contribution in [1.29, 1.82) is 0 Å². The minimum Gasteiger partial charge on any atom is -0.497 e. The molecular formula is C24H31N7O2. The summed E-state index contributed by atoms with van der Waals surface area (Å²) in [6.07, 6.45) is 1.02. The molecule has 3 aromatic rings. The van der Waals surface area contributed by atoms with Gasteiger partial charge in [-0.3, -0.25) is 5.10 Å². The van der Waals surface area contributed by atoms with Gasteiger partial charge in [0.1, 0.15) is 23.9 Å².